The van der Waals surface area contributed by atoms with E-state index in [9.17, 15) is 0 Å². The molecule has 1 aliphatic rings. The molecule has 0 aromatic heterocycles. The summed E-state index contributed by atoms with van der Waals surface area (Å²) in [6.45, 7) is 2.19. The van der Waals surface area contributed by atoms with E-state index in [-0.39, 0.29) is 0 Å². The van der Waals surface area contributed by atoms with E-state index in [1.807, 2.05) is 0 Å². The van der Waals surface area contributed by atoms with Crippen LogP contribution in [0.1, 0.15) is 19.8 Å². The Morgan fingerprint density at radius 1 is 1.71 bits per heavy atom. The van der Waals surface area contributed by atoms with Crippen LogP contribution < -0.4 is 0 Å². The maximum absolute atomic E-state index is 3.18. The fourth-order valence-corrected chi connectivity index (χ4v) is 0.767. The number of hydrogen-bond acceptors (Lipinski definition) is 0. The molecular weight excluding hydrogens is 84.1 g/mol. The Bertz CT molecular complexity index is 72.1. The molecule has 2 radical (unpaired) electrons. The molecule has 0 saturated carbocycles. The summed E-state index contributed by atoms with van der Waals surface area (Å²) < 4.78 is 0. The van der Waals surface area contributed by atoms with Gasteiger partial charge in [0.15, 0.2) is 0 Å². The van der Waals surface area contributed by atoms with Crippen molar-refractivity contribution in [2.24, 2.45) is 5.92 Å². The van der Waals surface area contributed by atoms with Crippen molar-refractivity contribution < 1.29 is 0 Å². The monoisotopic (exact) mass is 94.1 g/mol. The average molecular weight is 94.2 g/mol. The number of allylic oxidation sites excluding steroid dienone is 2. The topological polar surface area (TPSA) is 0 Å². The van der Waals surface area contributed by atoms with E-state index in [0.717, 1.165) is 6.42 Å². The number of rotatable bonds is 0. The summed E-state index contributed by atoms with van der Waals surface area (Å²) in [6, 6.07) is 0. The molecule has 0 heterocycles. The van der Waals surface area contributed by atoms with E-state index in [1.165, 1.54) is 6.42 Å². The van der Waals surface area contributed by atoms with Gasteiger partial charge >= 0.3 is 0 Å². The lowest BCUT2D eigenvalue weighted by molar-refractivity contribution is 0.725. The Hall–Kier alpha value is -0.260. The highest BCUT2D eigenvalue weighted by atomic mass is 14.0. The first-order chi connectivity index (χ1) is 3.39. The van der Waals surface area contributed by atoms with Gasteiger partial charge in [0.2, 0.25) is 0 Å². The molecule has 1 rings (SSSR count). The largest absolute Gasteiger partial charge is 0.0779 e. The van der Waals surface area contributed by atoms with Crippen LogP contribution in [0.3, 0.4) is 0 Å². The quantitative estimate of drug-likeness (QED) is 0.430. The van der Waals surface area contributed by atoms with E-state index in [4.69, 9.17) is 0 Å². The second kappa shape index (κ2) is 2.15. The minimum Gasteiger partial charge on any atom is -0.0779 e. The molecular formula is C7H10. The van der Waals surface area contributed by atoms with Crippen molar-refractivity contribution in [3.8, 4) is 0 Å². The third kappa shape index (κ3) is 1.34. The lowest BCUT2D eigenvalue weighted by Crippen LogP contribution is -1.94. The van der Waals surface area contributed by atoms with Crippen LogP contribution in [0.2, 0.25) is 0 Å². The SMILES string of the molecule is CC1[CH]CC[C]=C1. The van der Waals surface area contributed by atoms with E-state index in [1.54, 1.807) is 0 Å². The van der Waals surface area contributed by atoms with Gasteiger partial charge in [-0.25, -0.2) is 0 Å². The van der Waals surface area contributed by atoms with Crippen molar-refractivity contribution in [2.45, 2.75) is 19.8 Å². The van der Waals surface area contributed by atoms with Crippen molar-refractivity contribution >= 4 is 0 Å². The van der Waals surface area contributed by atoms with Gasteiger partial charge in [-0.2, -0.15) is 0 Å². The van der Waals surface area contributed by atoms with Crippen molar-refractivity contribution in [1.29, 1.82) is 0 Å². The highest BCUT2D eigenvalue weighted by Gasteiger charge is 1.99. The maximum Gasteiger partial charge on any atom is -0.0225 e. The molecule has 0 nitrogen and oxygen atoms in total. The molecule has 1 unspecified atom stereocenters. The standard InChI is InChI=1S/C7H10/c1-7-5-3-2-4-6-7/h5-7H,2-3H2,1H3. The van der Waals surface area contributed by atoms with Crippen LogP contribution in [-0.4, -0.2) is 0 Å². The molecule has 0 aliphatic heterocycles. The van der Waals surface area contributed by atoms with Crippen molar-refractivity contribution in [3.63, 3.8) is 0 Å². The third-order valence-electron chi connectivity index (χ3n) is 1.21. The predicted octanol–water partition coefficient (Wildman–Crippen LogP) is 1.98. The van der Waals surface area contributed by atoms with Gasteiger partial charge in [-0.1, -0.05) is 13.0 Å². The first kappa shape index (κ1) is 4.89. The van der Waals surface area contributed by atoms with E-state index < -0.39 is 0 Å². The maximum atomic E-state index is 3.18. The highest BCUT2D eigenvalue weighted by molar-refractivity contribution is 4.94. The van der Waals surface area contributed by atoms with Gasteiger partial charge < -0.3 is 0 Å². The molecule has 38 valence electrons. The summed E-state index contributed by atoms with van der Waals surface area (Å²) in [7, 11) is 0. The van der Waals surface area contributed by atoms with Crippen molar-refractivity contribution in [2.75, 3.05) is 0 Å². The van der Waals surface area contributed by atoms with Gasteiger partial charge in [0.05, 0.1) is 0 Å². The highest BCUT2D eigenvalue weighted by Crippen LogP contribution is 2.12. The molecule has 1 aliphatic carbocycles. The summed E-state index contributed by atoms with van der Waals surface area (Å²) >= 11 is 0. The smallest absolute Gasteiger partial charge is 0.0225 e. The van der Waals surface area contributed by atoms with Gasteiger partial charge in [-0.3, -0.25) is 0 Å². The number of hydrogen-bond donors (Lipinski definition) is 0. The fourth-order valence-electron chi connectivity index (χ4n) is 0.767. The molecule has 1 atom stereocenters. The molecule has 0 saturated heterocycles. The minimum absolute atomic E-state index is 0.675. The Labute approximate surface area is 45.2 Å². The molecule has 0 spiro atoms. The van der Waals surface area contributed by atoms with Crippen molar-refractivity contribution in [1.82, 2.24) is 0 Å². The fraction of sp³-hybridized carbons (Fsp3) is 0.571. The Balaban J connectivity index is 2.36. The molecule has 0 amide bonds. The van der Waals surface area contributed by atoms with Crippen LogP contribution in [0.4, 0.5) is 0 Å². The second-order valence-electron chi connectivity index (χ2n) is 2.00. The average Bonchev–Trinajstić information content (AvgIpc) is 1.69. The Kier molecular flexibility index (Phi) is 1.50. The normalized spacial score (nSPS) is 30.7. The summed E-state index contributed by atoms with van der Waals surface area (Å²) in [5.74, 6) is 0.675. The van der Waals surface area contributed by atoms with Crippen LogP contribution >= 0.6 is 0 Å². The Morgan fingerprint density at radius 2 is 2.57 bits per heavy atom. The first-order valence-electron chi connectivity index (χ1n) is 2.79. The minimum atomic E-state index is 0.675. The van der Waals surface area contributed by atoms with E-state index in [2.05, 4.69) is 25.5 Å². The Morgan fingerprint density at radius 3 is 2.86 bits per heavy atom. The van der Waals surface area contributed by atoms with Gasteiger partial charge in [-0.15, -0.1) is 0 Å². The second-order valence-corrected chi connectivity index (χ2v) is 2.00. The zero-order valence-electron chi connectivity index (χ0n) is 4.65. The lowest BCUT2D eigenvalue weighted by atomic mass is 9.98. The van der Waals surface area contributed by atoms with Crippen LogP contribution in [0.25, 0.3) is 0 Å². The lowest BCUT2D eigenvalue weighted by Gasteiger charge is -2.07. The molecule has 0 bridgehead atoms. The van der Waals surface area contributed by atoms with Gasteiger partial charge in [-0.05, 0) is 31.3 Å². The summed E-state index contributed by atoms with van der Waals surface area (Å²) in [4.78, 5) is 0. The van der Waals surface area contributed by atoms with E-state index >= 15 is 0 Å². The van der Waals surface area contributed by atoms with Crippen LogP contribution in [0.15, 0.2) is 6.08 Å². The summed E-state index contributed by atoms with van der Waals surface area (Å²) in [6.07, 6.45) is 9.97. The molecule has 0 aromatic rings. The molecule has 0 heteroatoms. The zero-order chi connectivity index (χ0) is 5.11. The first-order valence-corrected chi connectivity index (χ1v) is 2.79. The molecule has 7 heavy (non-hydrogen) atoms. The predicted molar refractivity (Wildman–Crippen MR) is 30.5 cm³/mol. The van der Waals surface area contributed by atoms with E-state index in [0.29, 0.717) is 5.92 Å². The summed E-state index contributed by atoms with van der Waals surface area (Å²) in [5, 5.41) is 0. The van der Waals surface area contributed by atoms with Crippen molar-refractivity contribution in [3.05, 3.63) is 18.6 Å². The molecule has 0 aromatic carbocycles. The third-order valence-corrected chi connectivity index (χ3v) is 1.21. The van der Waals surface area contributed by atoms with Crippen LogP contribution in [0, 0.1) is 18.4 Å². The van der Waals surface area contributed by atoms with Crippen LogP contribution in [-0.2, 0) is 0 Å². The summed E-state index contributed by atoms with van der Waals surface area (Å²) in [5.41, 5.74) is 0. The molecule has 0 fully saturated rings. The van der Waals surface area contributed by atoms with Gasteiger partial charge in [0, 0.05) is 0 Å². The van der Waals surface area contributed by atoms with Crippen LogP contribution in [0.5, 0.6) is 0 Å². The zero-order valence-corrected chi connectivity index (χ0v) is 4.65. The van der Waals surface area contributed by atoms with Gasteiger partial charge in [0.1, 0.15) is 0 Å². The molecule has 0 N–H and O–H groups in total. The van der Waals surface area contributed by atoms with Gasteiger partial charge in [0.25, 0.3) is 0 Å².